The van der Waals surface area contributed by atoms with Crippen LogP contribution in [0.4, 0.5) is 4.39 Å². The zero-order valence-electron chi connectivity index (χ0n) is 26.3. The zero-order chi connectivity index (χ0) is 32.3. The lowest BCUT2D eigenvalue weighted by Gasteiger charge is -2.32. The van der Waals surface area contributed by atoms with Gasteiger partial charge in [0.05, 0.1) is 19.3 Å². The van der Waals surface area contributed by atoms with Crippen LogP contribution in [0.15, 0.2) is 42.5 Å². The monoisotopic (exact) mass is 627 g/mol. The first-order valence-electron chi connectivity index (χ1n) is 15.7. The van der Waals surface area contributed by atoms with E-state index in [0.29, 0.717) is 57.8 Å². The molecule has 2 heterocycles. The van der Waals surface area contributed by atoms with Crippen molar-refractivity contribution in [1.82, 2.24) is 26.2 Å². The van der Waals surface area contributed by atoms with Gasteiger partial charge in [-0.2, -0.15) is 0 Å². The Morgan fingerprint density at radius 2 is 1.76 bits per heavy atom. The van der Waals surface area contributed by atoms with Crippen LogP contribution in [0.25, 0.3) is 0 Å². The van der Waals surface area contributed by atoms with Crippen molar-refractivity contribution in [2.75, 3.05) is 46.0 Å². The maximum absolute atomic E-state index is 14.2. The molecular weight excluding hydrogens is 581 g/mol. The van der Waals surface area contributed by atoms with E-state index in [2.05, 4.69) is 26.2 Å². The molecule has 0 bridgehead atoms. The summed E-state index contributed by atoms with van der Waals surface area (Å²) in [6.07, 6.45) is 1.44. The second kappa shape index (κ2) is 16.5. The number of aromatic hydroxyl groups is 1. The van der Waals surface area contributed by atoms with Gasteiger partial charge in [-0.05, 0) is 61.4 Å². The molecule has 4 atom stereocenters. The molecule has 2 aromatic carbocycles. The number of fused-ring (bicyclic) bond motifs is 1. The summed E-state index contributed by atoms with van der Waals surface area (Å²) in [5.74, 6) is -2.06. The van der Waals surface area contributed by atoms with E-state index in [1.54, 1.807) is 6.07 Å². The van der Waals surface area contributed by atoms with Crippen molar-refractivity contribution in [2.45, 2.75) is 64.2 Å². The van der Waals surface area contributed by atoms with Crippen molar-refractivity contribution in [3.8, 4) is 11.5 Å². The van der Waals surface area contributed by atoms with Gasteiger partial charge in [-0.1, -0.05) is 38.1 Å². The lowest BCUT2D eigenvalue weighted by atomic mass is 10.00. The molecule has 4 rings (SSSR count). The molecule has 0 aliphatic carbocycles. The predicted molar refractivity (Wildman–Crippen MR) is 167 cm³/mol. The van der Waals surface area contributed by atoms with Gasteiger partial charge in [-0.15, -0.1) is 0 Å². The number of amides is 3. The second-order valence-corrected chi connectivity index (χ2v) is 12.1. The summed E-state index contributed by atoms with van der Waals surface area (Å²) in [7, 11) is 0. The van der Waals surface area contributed by atoms with E-state index >= 15 is 0 Å². The minimum atomic E-state index is -0.935. The molecule has 5 N–H and O–H groups in total. The number of rotatable bonds is 5. The SMILES string of the molecule is CC(C)[C@H]1NC(=O)[C@@H](Cc2ccc(O)c(F)c2)N[C@@H](C)COc2ccccc2CCCNC(=O)[C@H](CN2CCOCC2)NC1=O. The number of morpholine rings is 1. The van der Waals surface area contributed by atoms with E-state index < -0.39 is 41.5 Å². The number of carbonyl (C=O) groups excluding carboxylic acids is 3. The second-order valence-electron chi connectivity index (χ2n) is 12.1. The minimum Gasteiger partial charge on any atom is -0.505 e. The number of phenols is 1. The van der Waals surface area contributed by atoms with Crippen molar-refractivity contribution in [2.24, 2.45) is 5.92 Å². The van der Waals surface area contributed by atoms with Gasteiger partial charge in [0.1, 0.15) is 24.4 Å². The Hall–Kier alpha value is -3.74. The first kappa shape index (κ1) is 34.1. The van der Waals surface area contributed by atoms with Crippen LogP contribution in [-0.4, -0.2) is 97.9 Å². The quantitative estimate of drug-likeness (QED) is 0.336. The summed E-state index contributed by atoms with van der Waals surface area (Å²) in [6, 6.07) is 8.77. The number of para-hydroxylation sites is 1. The Morgan fingerprint density at radius 3 is 2.49 bits per heavy atom. The largest absolute Gasteiger partial charge is 0.505 e. The van der Waals surface area contributed by atoms with Gasteiger partial charge < -0.3 is 30.5 Å². The van der Waals surface area contributed by atoms with Gasteiger partial charge >= 0.3 is 0 Å². The maximum atomic E-state index is 14.2. The highest BCUT2D eigenvalue weighted by Gasteiger charge is 2.32. The molecule has 0 aromatic heterocycles. The lowest BCUT2D eigenvalue weighted by molar-refractivity contribution is -0.134. The maximum Gasteiger partial charge on any atom is 0.243 e. The Morgan fingerprint density at radius 1 is 1.00 bits per heavy atom. The molecule has 0 radical (unpaired) electrons. The third-order valence-electron chi connectivity index (χ3n) is 8.06. The fraction of sp³-hybridized carbons (Fsp3) is 0.545. The number of halogens is 1. The van der Waals surface area contributed by atoms with Gasteiger partial charge in [-0.3, -0.25) is 24.6 Å². The first-order valence-corrected chi connectivity index (χ1v) is 15.7. The van der Waals surface area contributed by atoms with Crippen LogP contribution in [0.3, 0.4) is 0 Å². The van der Waals surface area contributed by atoms with E-state index in [1.807, 2.05) is 45.0 Å². The summed E-state index contributed by atoms with van der Waals surface area (Å²) < 4.78 is 25.8. The van der Waals surface area contributed by atoms with Crippen LogP contribution in [-0.2, 0) is 32.0 Å². The van der Waals surface area contributed by atoms with Crippen LogP contribution >= 0.6 is 0 Å². The van der Waals surface area contributed by atoms with Crippen molar-refractivity contribution >= 4 is 17.7 Å². The smallest absolute Gasteiger partial charge is 0.243 e. The van der Waals surface area contributed by atoms with Crippen molar-refractivity contribution in [3.63, 3.8) is 0 Å². The molecule has 0 saturated carbocycles. The number of carbonyl (C=O) groups is 3. The molecule has 1 saturated heterocycles. The standard InChI is InChI=1S/C33H46FN5O6/c1-21(2)30-33(43)37-27(19-39-13-15-44-16-14-39)31(41)35-12-6-8-24-7-4-5-9-29(24)45-20-22(3)36-26(32(42)38-30)18-23-10-11-28(40)25(34)17-23/h4-5,7,9-11,17,21-22,26-27,30,36,40H,6,8,12-16,18-20H2,1-3H3,(H,35,41)(H,37,43)(H,38,42)/t22-,26+,27-,30+/m0/s1. The van der Waals surface area contributed by atoms with E-state index in [0.717, 1.165) is 11.3 Å². The molecule has 2 aromatic rings. The molecule has 1 fully saturated rings. The van der Waals surface area contributed by atoms with Gasteiger partial charge in [-0.25, -0.2) is 4.39 Å². The molecule has 0 spiro atoms. The third kappa shape index (κ3) is 10.1. The number of benzene rings is 2. The number of aryl methyl sites for hydroxylation is 1. The fourth-order valence-electron chi connectivity index (χ4n) is 5.50. The molecule has 12 heteroatoms. The molecule has 246 valence electrons. The molecule has 11 nitrogen and oxygen atoms in total. The fourth-order valence-corrected chi connectivity index (χ4v) is 5.50. The molecule has 45 heavy (non-hydrogen) atoms. The van der Waals surface area contributed by atoms with Gasteiger partial charge in [0.2, 0.25) is 17.7 Å². The summed E-state index contributed by atoms with van der Waals surface area (Å²) in [4.78, 5) is 42.9. The number of hydrogen-bond acceptors (Lipinski definition) is 8. The number of nitrogens with one attached hydrogen (secondary N) is 4. The minimum absolute atomic E-state index is 0.0957. The van der Waals surface area contributed by atoms with Gasteiger partial charge in [0.25, 0.3) is 0 Å². The summed E-state index contributed by atoms with van der Waals surface area (Å²) >= 11 is 0. The lowest BCUT2D eigenvalue weighted by Crippen LogP contribution is -2.61. The van der Waals surface area contributed by atoms with Gasteiger partial charge in [0, 0.05) is 32.2 Å². The highest BCUT2D eigenvalue weighted by Crippen LogP contribution is 2.21. The first-order chi connectivity index (χ1) is 21.6. The Kier molecular flexibility index (Phi) is 12.5. The van der Waals surface area contributed by atoms with E-state index in [9.17, 15) is 23.9 Å². The molecular formula is C33H46FN5O6. The van der Waals surface area contributed by atoms with Crippen LogP contribution in [0.5, 0.6) is 11.5 Å². The van der Waals surface area contributed by atoms with Crippen LogP contribution in [0.1, 0.15) is 38.3 Å². The van der Waals surface area contributed by atoms with Crippen LogP contribution < -0.4 is 26.0 Å². The summed E-state index contributed by atoms with van der Waals surface area (Å²) in [5, 5.41) is 21.7. The topological polar surface area (TPSA) is 141 Å². The Balaban J connectivity index is 1.61. The summed E-state index contributed by atoms with van der Waals surface area (Å²) in [5.41, 5.74) is 1.48. The normalized spacial score (nSPS) is 24.8. The van der Waals surface area contributed by atoms with Crippen molar-refractivity contribution in [3.05, 3.63) is 59.4 Å². The highest BCUT2D eigenvalue weighted by atomic mass is 19.1. The Labute approximate surface area is 264 Å². The highest BCUT2D eigenvalue weighted by molar-refractivity contribution is 5.93. The number of phenolic OH excluding ortho intramolecular Hbond substituents is 1. The third-order valence-corrected chi connectivity index (χ3v) is 8.06. The number of hydrogen-bond donors (Lipinski definition) is 5. The van der Waals surface area contributed by atoms with E-state index in [-0.39, 0.29) is 30.9 Å². The van der Waals surface area contributed by atoms with Gasteiger partial charge in [0.15, 0.2) is 11.6 Å². The van der Waals surface area contributed by atoms with E-state index in [4.69, 9.17) is 9.47 Å². The van der Waals surface area contributed by atoms with Crippen LogP contribution in [0, 0.1) is 11.7 Å². The number of nitrogens with zero attached hydrogens (tertiary/aromatic N) is 1. The van der Waals surface area contributed by atoms with E-state index in [1.165, 1.54) is 12.1 Å². The number of ether oxygens (including phenoxy) is 2. The Bertz CT molecular complexity index is 1300. The van der Waals surface area contributed by atoms with Crippen LogP contribution in [0.2, 0.25) is 0 Å². The molecule has 2 aliphatic rings. The molecule has 2 aliphatic heterocycles. The average molecular weight is 628 g/mol. The average Bonchev–Trinajstić information content (AvgIpc) is 3.02. The summed E-state index contributed by atoms with van der Waals surface area (Å²) in [6.45, 7) is 8.88. The zero-order valence-corrected chi connectivity index (χ0v) is 26.3. The van der Waals surface area contributed by atoms with Crippen molar-refractivity contribution in [1.29, 1.82) is 0 Å². The predicted octanol–water partition coefficient (Wildman–Crippen LogP) is 1.52. The van der Waals surface area contributed by atoms with Crippen molar-refractivity contribution < 1.29 is 33.4 Å². The molecule has 3 amide bonds. The molecule has 0 unspecified atom stereocenters.